The summed E-state index contributed by atoms with van der Waals surface area (Å²) in [6, 6.07) is 0. The average molecular weight is 1170 g/mol. The van der Waals surface area contributed by atoms with E-state index in [0.29, 0.717) is 25.7 Å². The Morgan fingerprint density at radius 2 is 0.582 bits per heavy atom. The van der Waals surface area contributed by atoms with Gasteiger partial charge in [-0.1, -0.05) is 247 Å². The summed E-state index contributed by atoms with van der Waals surface area (Å²) in [4.78, 5) is 71.8. The van der Waals surface area contributed by atoms with Crippen LogP contribution in [0.15, 0.2) is 0 Å². The van der Waals surface area contributed by atoms with E-state index < -0.39 is 97.5 Å². The molecule has 79 heavy (non-hydrogen) atoms. The largest absolute Gasteiger partial charge is 0.472 e. The molecule has 0 aliphatic heterocycles. The number of unbranched alkanes of at least 4 members (excludes halogenated alkanes) is 32. The van der Waals surface area contributed by atoms with Crippen LogP contribution in [0.25, 0.3) is 0 Å². The second kappa shape index (κ2) is 54.0. The zero-order valence-electron chi connectivity index (χ0n) is 50.5. The van der Waals surface area contributed by atoms with Crippen molar-refractivity contribution >= 4 is 39.5 Å². The molecule has 0 aliphatic carbocycles. The van der Waals surface area contributed by atoms with Crippen molar-refractivity contribution < 1.29 is 80.2 Å². The van der Waals surface area contributed by atoms with Crippen LogP contribution in [0.4, 0.5) is 0 Å². The number of carbonyl (C=O) groups is 4. The molecule has 0 aromatic carbocycles. The van der Waals surface area contributed by atoms with Crippen LogP contribution in [0.3, 0.4) is 0 Å². The Hall–Kier alpha value is -1.94. The molecule has 0 rings (SSSR count). The molecule has 2 unspecified atom stereocenters. The van der Waals surface area contributed by atoms with Crippen LogP contribution >= 0.6 is 15.6 Å². The molecule has 0 aliphatic rings. The predicted molar refractivity (Wildman–Crippen MR) is 312 cm³/mol. The summed E-state index contributed by atoms with van der Waals surface area (Å²) in [6.45, 7) is 7.09. The molecule has 3 N–H and O–H groups in total. The van der Waals surface area contributed by atoms with E-state index >= 15 is 0 Å². The quantitative estimate of drug-likeness (QED) is 0.0222. The molecular weight excluding hydrogens is 1050 g/mol. The van der Waals surface area contributed by atoms with Crippen LogP contribution in [0.5, 0.6) is 0 Å². The Morgan fingerprint density at radius 1 is 0.342 bits per heavy atom. The van der Waals surface area contributed by atoms with Gasteiger partial charge in [-0.05, 0) is 31.6 Å². The minimum Gasteiger partial charge on any atom is -0.462 e. The number of ether oxygens (including phenoxy) is 4. The first-order valence-corrected chi connectivity index (χ1v) is 34.6. The van der Waals surface area contributed by atoms with Crippen molar-refractivity contribution in [3.05, 3.63) is 0 Å². The zero-order valence-corrected chi connectivity index (χ0v) is 52.3. The van der Waals surface area contributed by atoms with E-state index in [4.69, 9.17) is 37.0 Å². The van der Waals surface area contributed by atoms with Gasteiger partial charge >= 0.3 is 39.5 Å². The fourth-order valence-corrected chi connectivity index (χ4v) is 10.5. The zero-order chi connectivity index (χ0) is 58.5. The van der Waals surface area contributed by atoms with E-state index in [2.05, 4.69) is 34.6 Å². The second-order valence-electron chi connectivity index (χ2n) is 22.2. The summed E-state index contributed by atoms with van der Waals surface area (Å²) in [6.07, 6.45) is 36.3. The van der Waals surface area contributed by atoms with Gasteiger partial charge in [0.1, 0.15) is 19.3 Å². The normalized spacial score (nSPS) is 14.3. The van der Waals surface area contributed by atoms with Crippen molar-refractivity contribution in [1.29, 1.82) is 0 Å². The lowest BCUT2D eigenvalue weighted by molar-refractivity contribution is -0.161. The first-order valence-electron chi connectivity index (χ1n) is 31.6. The molecule has 0 saturated carbocycles. The number of phosphoric ester groups is 2. The number of phosphoric acid groups is 2. The first kappa shape index (κ1) is 77.1. The third-order valence-corrected chi connectivity index (χ3v) is 15.7. The third-order valence-electron chi connectivity index (χ3n) is 13.8. The number of hydrogen-bond donors (Lipinski definition) is 3. The van der Waals surface area contributed by atoms with Crippen molar-refractivity contribution in [3.63, 3.8) is 0 Å². The number of aliphatic hydroxyl groups excluding tert-OH is 1. The minimum absolute atomic E-state index is 0.104. The SMILES string of the molecule is CCCCCCCCCCCC(=O)OC[C@H](COP(=O)(O)OC[C@@H](O)COP(=O)(O)OC[C@@H](COC(=O)CCCCCCCCC)OC(=O)CCCCCCCCCC)OC(=O)CCCCCCCCCCCCCCC(C)C. The number of carbonyl (C=O) groups excluding carboxylic acids is 4. The number of hydrogen-bond acceptors (Lipinski definition) is 15. The van der Waals surface area contributed by atoms with Gasteiger partial charge in [0.2, 0.25) is 0 Å². The van der Waals surface area contributed by atoms with Crippen LogP contribution in [-0.4, -0.2) is 96.7 Å². The van der Waals surface area contributed by atoms with Gasteiger partial charge in [-0.2, -0.15) is 0 Å². The lowest BCUT2D eigenvalue weighted by Crippen LogP contribution is -2.30. The maximum atomic E-state index is 12.9. The maximum absolute atomic E-state index is 12.9. The molecule has 0 saturated heterocycles. The molecular formula is C60H116O17P2. The van der Waals surface area contributed by atoms with Gasteiger partial charge in [-0.15, -0.1) is 0 Å². The first-order chi connectivity index (χ1) is 38.0. The van der Waals surface area contributed by atoms with Crippen LogP contribution in [0.1, 0.15) is 298 Å². The third kappa shape index (κ3) is 55.0. The van der Waals surface area contributed by atoms with E-state index in [-0.39, 0.29) is 25.7 Å². The fourth-order valence-electron chi connectivity index (χ4n) is 8.88. The number of aliphatic hydroxyl groups is 1. The van der Waals surface area contributed by atoms with Gasteiger partial charge < -0.3 is 33.8 Å². The van der Waals surface area contributed by atoms with E-state index in [0.717, 1.165) is 115 Å². The van der Waals surface area contributed by atoms with Gasteiger partial charge in [0.05, 0.1) is 26.4 Å². The van der Waals surface area contributed by atoms with Crippen LogP contribution in [0.2, 0.25) is 0 Å². The number of rotatable bonds is 60. The lowest BCUT2D eigenvalue weighted by Gasteiger charge is -2.21. The highest BCUT2D eigenvalue weighted by Gasteiger charge is 2.30. The minimum atomic E-state index is -4.94. The highest BCUT2D eigenvalue weighted by Crippen LogP contribution is 2.45. The summed E-state index contributed by atoms with van der Waals surface area (Å²) in [5, 5.41) is 10.5. The van der Waals surface area contributed by atoms with Crippen molar-refractivity contribution in [2.24, 2.45) is 5.92 Å². The smallest absolute Gasteiger partial charge is 0.462 e. The van der Waals surface area contributed by atoms with E-state index in [1.165, 1.54) is 103 Å². The summed E-state index contributed by atoms with van der Waals surface area (Å²) in [7, 11) is -9.87. The highest BCUT2D eigenvalue weighted by atomic mass is 31.2. The molecule has 17 nitrogen and oxygen atoms in total. The Morgan fingerprint density at radius 3 is 0.861 bits per heavy atom. The van der Waals surface area contributed by atoms with E-state index in [1.807, 2.05) is 0 Å². The molecule has 468 valence electrons. The second-order valence-corrected chi connectivity index (χ2v) is 25.1. The van der Waals surface area contributed by atoms with Crippen molar-refractivity contribution in [1.82, 2.24) is 0 Å². The predicted octanol–water partition coefficient (Wildman–Crippen LogP) is 16.2. The molecule has 19 heteroatoms. The van der Waals surface area contributed by atoms with Gasteiger partial charge in [-0.3, -0.25) is 37.3 Å². The molecule has 0 spiro atoms. The standard InChI is InChI=1S/C60H116O17P2/c1-6-9-12-15-18-24-30-34-39-44-58(63)71-50-56(77-60(65)46-41-36-31-26-23-21-20-22-25-28-32-37-42-53(4)5)52-75-79(68,69)73-48-54(61)47-72-78(66,67)74-51-55(49-70-57(62)43-38-33-27-17-14-11-8-3)76-59(64)45-40-35-29-19-16-13-10-7-2/h53-56,61H,6-52H2,1-5H3,(H,66,67)(H,68,69)/t54-,55+,56+/m0/s1. The van der Waals surface area contributed by atoms with Crippen LogP contribution in [-0.2, 0) is 65.4 Å². The summed E-state index contributed by atoms with van der Waals surface area (Å²) in [5.74, 6) is -1.37. The molecule has 0 amide bonds. The Kier molecular flexibility index (Phi) is 52.7. The Bertz CT molecular complexity index is 1550. The topological polar surface area (TPSA) is 237 Å². The fraction of sp³-hybridized carbons (Fsp3) is 0.933. The Labute approximate surface area is 479 Å². The van der Waals surface area contributed by atoms with Gasteiger partial charge in [0, 0.05) is 25.7 Å². The van der Waals surface area contributed by atoms with Crippen LogP contribution < -0.4 is 0 Å². The maximum Gasteiger partial charge on any atom is 0.472 e. The monoisotopic (exact) mass is 1170 g/mol. The molecule has 0 aromatic heterocycles. The molecule has 0 heterocycles. The summed E-state index contributed by atoms with van der Waals surface area (Å²) in [5.41, 5.74) is 0. The molecule has 5 atom stereocenters. The molecule has 0 fully saturated rings. The number of esters is 4. The van der Waals surface area contributed by atoms with Gasteiger partial charge in [-0.25, -0.2) is 9.13 Å². The average Bonchev–Trinajstić information content (AvgIpc) is 3.41. The van der Waals surface area contributed by atoms with E-state index in [9.17, 15) is 43.2 Å². The van der Waals surface area contributed by atoms with E-state index in [1.54, 1.807) is 0 Å². The molecule has 0 radical (unpaired) electrons. The van der Waals surface area contributed by atoms with Crippen molar-refractivity contribution in [2.75, 3.05) is 39.6 Å². The molecule has 0 bridgehead atoms. The van der Waals surface area contributed by atoms with Crippen LogP contribution in [0, 0.1) is 5.92 Å². The van der Waals surface area contributed by atoms with Gasteiger partial charge in [0.15, 0.2) is 12.2 Å². The van der Waals surface area contributed by atoms with Crippen molar-refractivity contribution in [3.8, 4) is 0 Å². The lowest BCUT2D eigenvalue weighted by atomic mass is 10.0. The summed E-state index contributed by atoms with van der Waals surface area (Å²) >= 11 is 0. The van der Waals surface area contributed by atoms with Crippen molar-refractivity contribution in [2.45, 2.75) is 316 Å². The summed E-state index contributed by atoms with van der Waals surface area (Å²) < 4.78 is 67.6. The highest BCUT2D eigenvalue weighted by molar-refractivity contribution is 7.47. The Balaban J connectivity index is 5.17. The molecule has 0 aromatic rings. The van der Waals surface area contributed by atoms with Gasteiger partial charge in [0.25, 0.3) is 0 Å².